The van der Waals surface area contributed by atoms with E-state index in [0.717, 1.165) is 0 Å². The molecular formula is C14H30N2O4. The molecule has 0 aromatic rings. The van der Waals surface area contributed by atoms with E-state index >= 15 is 0 Å². The van der Waals surface area contributed by atoms with Crippen LogP contribution < -0.4 is 11.5 Å². The maximum Gasteiger partial charge on any atom is 0.168 e. The first kappa shape index (κ1) is 17.8. The number of methoxy groups -OCH3 is 4. The highest BCUT2D eigenvalue weighted by Crippen LogP contribution is 2.56. The lowest BCUT2D eigenvalue weighted by Crippen LogP contribution is -2.68. The second-order valence-corrected chi connectivity index (χ2v) is 5.70. The van der Waals surface area contributed by atoms with E-state index < -0.39 is 11.6 Å². The number of nitrogens with two attached hydrogens (primary N) is 2. The van der Waals surface area contributed by atoms with Gasteiger partial charge in [-0.25, -0.2) is 0 Å². The molecule has 4 N–H and O–H groups in total. The van der Waals surface area contributed by atoms with Crippen molar-refractivity contribution in [2.24, 2.45) is 35.1 Å². The fourth-order valence-corrected chi connectivity index (χ4v) is 3.70. The smallest absolute Gasteiger partial charge is 0.168 e. The Balaban J connectivity index is 3.16. The Labute approximate surface area is 122 Å². The topological polar surface area (TPSA) is 89.0 Å². The molecule has 20 heavy (non-hydrogen) atoms. The van der Waals surface area contributed by atoms with Gasteiger partial charge in [0.1, 0.15) is 0 Å². The Bertz CT molecular complexity index is 276. The zero-order chi connectivity index (χ0) is 15.6. The summed E-state index contributed by atoms with van der Waals surface area (Å²) in [5.41, 5.74) is 11.9. The lowest BCUT2D eigenvalue weighted by molar-refractivity contribution is -0.348. The van der Waals surface area contributed by atoms with Crippen molar-refractivity contribution in [2.45, 2.75) is 25.4 Å². The normalized spacial score (nSPS) is 31.2. The van der Waals surface area contributed by atoms with Crippen molar-refractivity contribution in [3.63, 3.8) is 0 Å². The van der Waals surface area contributed by atoms with E-state index in [4.69, 9.17) is 30.4 Å². The summed E-state index contributed by atoms with van der Waals surface area (Å²) in [5.74, 6) is -0.918. The molecular weight excluding hydrogens is 260 g/mol. The maximum atomic E-state index is 5.94. The van der Waals surface area contributed by atoms with Gasteiger partial charge in [-0.05, 0) is 38.8 Å². The average Bonchev–Trinajstić information content (AvgIpc) is 2.46. The summed E-state index contributed by atoms with van der Waals surface area (Å²) in [4.78, 5) is 0. The number of hydrogen-bond donors (Lipinski definition) is 2. The second-order valence-electron chi connectivity index (χ2n) is 5.70. The van der Waals surface area contributed by atoms with Gasteiger partial charge in [-0.15, -0.1) is 0 Å². The van der Waals surface area contributed by atoms with Crippen molar-refractivity contribution in [1.82, 2.24) is 0 Å². The van der Waals surface area contributed by atoms with Gasteiger partial charge in [0.05, 0.1) is 0 Å². The third-order valence-electron chi connectivity index (χ3n) is 5.24. The van der Waals surface area contributed by atoms with E-state index in [9.17, 15) is 0 Å². The van der Waals surface area contributed by atoms with Gasteiger partial charge in [0.2, 0.25) is 0 Å². The molecule has 0 spiro atoms. The molecule has 0 saturated heterocycles. The first-order valence-corrected chi connectivity index (χ1v) is 6.99. The third kappa shape index (κ3) is 2.61. The largest absolute Gasteiger partial charge is 0.353 e. The van der Waals surface area contributed by atoms with Crippen LogP contribution in [0.15, 0.2) is 0 Å². The molecule has 0 radical (unpaired) electrons. The van der Waals surface area contributed by atoms with Crippen LogP contribution in [-0.2, 0) is 18.9 Å². The highest BCUT2D eigenvalue weighted by molar-refractivity contribution is 5.07. The monoisotopic (exact) mass is 290 g/mol. The van der Waals surface area contributed by atoms with Crippen LogP contribution in [0.5, 0.6) is 0 Å². The standard InChI is InChI=1S/C14H30N2O4/c1-13(17-3,18-4)11-9(7-15)10(8-16)12(11)14(2,19-5)20-6/h9-12H,7-8,15-16H2,1-6H3/t9-,10-,11+,12+/m1/s1. The van der Waals surface area contributed by atoms with Gasteiger partial charge in [0.15, 0.2) is 11.6 Å². The highest BCUT2D eigenvalue weighted by atomic mass is 16.7. The molecule has 1 saturated carbocycles. The maximum absolute atomic E-state index is 5.94. The molecule has 0 aliphatic heterocycles. The lowest BCUT2D eigenvalue weighted by atomic mass is 9.51. The Morgan fingerprint density at radius 1 is 0.700 bits per heavy atom. The van der Waals surface area contributed by atoms with Gasteiger partial charge >= 0.3 is 0 Å². The van der Waals surface area contributed by atoms with E-state index in [-0.39, 0.29) is 23.7 Å². The lowest BCUT2D eigenvalue weighted by Gasteiger charge is -2.61. The van der Waals surface area contributed by atoms with Gasteiger partial charge in [-0.1, -0.05) is 0 Å². The van der Waals surface area contributed by atoms with Crippen LogP contribution in [0.25, 0.3) is 0 Å². The third-order valence-corrected chi connectivity index (χ3v) is 5.24. The van der Waals surface area contributed by atoms with E-state index in [0.29, 0.717) is 13.1 Å². The average molecular weight is 290 g/mol. The molecule has 0 amide bonds. The first-order valence-electron chi connectivity index (χ1n) is 6.99. The SMILES string of the molecule is COC(C)(OC)[C@H]1[C@H](CN)[C@@H](CN)[C@@H]1C(C)(OC)OC. The molecule has 1 aliphatic carbocycles. The van der Waals surface area contributed by atoms with Crippen LogP contribution in [0, 0.1) is 23.7 Å². The molecule has 1 fully saturated rings. The molecule has 0 heterocycles. The highest BCUT2D eigenvalue weighted by Gasteiger charge is 2.63. The summed E-state index contributed by atoms with van der Waals surface area (Å²) in [5, 5.41) is 0. The van der Waals surface area contributed by atoms with E-state index in [1.807, 2.05) is 13.8 Å². The van der Waals surface area contributed by atoms with Gasteiger partial charge in [0.25, 0.3) is 0 Å². The minimum Gasteiger partial charge on any atom is -0.353 e. The molecule has 1 aliphatic rings. The van der Waals surface area contributed by atoms with E-state index in [1.165, 1.54) is 0 Å². The molecule has 1 rings (SSSR count). The number of ether oxygens (including phenoxy) is 4. The van der Waals surface area contributed by atoms with Gasteiger partial charge in [0, 0.05) is 40.3 Å². The Morgan fingerprint density at radius 2 is 0.950 bits per heavy atom. The van der Waals surface area contributed by atoms with Gasteiger partial charge in [-0.2, -0.15) is 0 Å². The summed E-state index contributed by atoms with van der Waals surface area (Å²) in [6.45, 7) is 4.92. The Hall–Kier alpha value is -0.240. The Kier molecular flexibility index (Phi) is 5.95. The molecule has 4 atom stereocenters. The molecule has 0 aromatic carbocycles. The number of hydrogen-bond acceptors (Lipinski definition) is 6. The summed E-state index contributed by atoms with van der Waals surface area (Å²) >= 11 is 0. The molecule has 6 nitrogen and oxygen atoms in total. The molecule has 0 aromatic heterocycles. The van der Waals surface area contributed by atoms with Gasteiger partial charge < -0.3 is 30.4 Å². The van der Waals surface area contributed by atoms with Crippen molar-refractivity contribution in [3.05, 3.63) is 0 Å². The fraction of sp³-hybridized carbons (Fsp3) is 1.00. The van der Waals surface area contributed by atoms with Crippen LogP contribution >= 0.6 is 0 Å². The fourth-order valence-electron chi connectivity index (χ4n) is 3.70. The molecule has 0 bridgehead atoms. The minimum absolute atomic E-state index is 0.0564. The van der Waals surface area contributed by atoms with Crippen LogP contribution in [0.2, 0.25) is 0 Å². The van der Waals surface area contributed by atoms with Crippen LogP contribution in [-0.4, -0.2) is 53.1 Å². The summed E-state index contributed by atoms with van der Waals surface area (Å²) < 4.78 is 22.4. The number of rotatable bonds is 8. The van der Waals surface area contributed by atoms with E-state index in [1.54, 1.807) is 28.4 Å². The summed E-state index contributed by atoms with van der Waals surface area (Å²) in [6, 6.07) is 0. The quantitative estimate of drug-likeness (QED) is 0.629. The molecule has 6 heteroatoms. The van der Waals surface area contributed by atoms with Crippen molar-refractivity contribution in [2.75, 3.05) is 41.5 Å². The van der Waals surface area contributed by atoms with Crippen molar-refractivity contribution in [3.8, 4) is 0 Å². The molecule has 0 unspecified atom stereocenters. The summed E-state index contributed by atoms with van der Waals surface area (Å²) in [7, 11) is 6.56. The van der Waals surface area contributed by atoms with Crippen molar-refractivity contribution in [1.29, 1.82) is 0 Å². The zero-order valence-electron chi connectivity index (χ0n) is 13.5. The predicted molar refractivity (Wildman–Crippen MR) is 76.9 cm³/mol. The first-order chi connectivity index (χ1) is 9.38. The van der Waals surface area contributed by atoms with Crippen LogP contribution in [0.4, 0.5) is 0 Å². The van der Waals surface area contributed by atoms with E-state index in [2.05, 4.69) is 0 Å². The van der Waals surface area contributed by atoms with Gasteiger partial charge in [-0.3, -0.25) is 0 Å². The predicted octanol–water partition coefficient (Wildman–Crippen LogP) is 0.400. The molecule has 120 valence electrons. The zero-order valence-corrected chi connectivity index (χ0v) is 13.5. The second kappa shape index (κ2) is 6.68. The van der Waals surface area contributed by atoms with Crippen LogP contribution in [0.3, 0.4) is 0 Å². The Morgan fingerprint density at radius 3 is 1.10 bits per heavy atom. The summed E-state index contributed by atoms with van der Waals surface area (Å²) in [6.07, 6.45) is 0. The van der Waals surface area contributed by atoms with Crippen molar-refractivity contribution < 1.29 is 18.9 Å². The van der Waals surface area contributed by atoms with Crippen molar-refractivity contribution >= 4 is 0 Å². The van der Waals surface area contributed by atoms with Crippen LogP contribution in [0.1, 0.15) is 13.8 Å². The minimum atomic E-state index is -0.737.